The highest BCUT2D eigenvalue weighted by Gasteiger charge is 2.36. The minimum atomic E-state index is -1.11. The molecule has 11 heteroatoms. The molecule has 2 aromatic rings. The van der Waals surface area contributed by atoms with Crippen molar-refractivity contribution in [2.24, 2.45) is 0 Å². The molecule has 32 heavy (non-hydrogen) atoms. The van der Waals surface area contributed by atoms with Gasteiger partial charge in [-0.25, -0.2) is 4.79 Å². The highest BCUT2D eigenvalue weighted by atomic mass is 32.2. The van der Waals surface area contributed by atoms with Crippen LogP contribution in [0.4, 0.5) is 16.2 Å². The van der Waals surface area contributed by atoms with E-state index in [4.69, 9.17) is 9.84 Å². The first-order valence-corrected chi connectivity index (χ1v) is 9.92. The molecular weight excluding hydrogens is 438 g/mol. The van der Waals surface area contributed by atoms with Crippen LogP contribution in [0.15, 0.2) is 59.5 Å². The number of nitrogens with one attached hydrogen (secondary N) is 2. The first-order valence-electron chi connectivity index (χ1n) is 9.10. The van der Waals surface area contributed by atoms with Gasteiger partial charge in [-0.15, -0.1) is 0 Å². The number of ether oxygens (including phenoxy) is 1. The van der Waals surface area contributed by atoms with E-state index in [9.17, 15) is 24.0 Å². The zero-order chi connectivity index (χ0) is 23.3. The van der Waals surface area contributed by atoms with Crippen LogP contribution >= 0.6 is 11.8 Å². The second-order valence-electron chi connectivity index (χ2n) is 6.42. The zero-order valence-corrected chi connectivity index (χ0v) is 17.5. The number of thioether (sulfide) groups is 1. The fourth-order valence-corrected chi connectivity index (χ4v) is 3.46. The number of aromatic carboxylic acids is 1. The number of carboxylic acid groups (broad SMARTS) is 1. The molecular formula is C21H17N3O7S. The Labute approximate surface area is 186 Å². The summed E-state index contributed by atoms with van der Waals surface area (Å²) >= 11 is 0.553. The van der Waals surface area contributed by atoms with Crippen molar-refractivity contribution in [2.75, 3.05) is 24.3 Å². The summed E-state index contributed by atoms with van der Waals surface area (Å²) in [5.74, 6) is -2.52. The summed E-state index contributed by atoms with van der Waals surface area (Å²) in [6.07, 6.45) is 0.998. The number of anilines is 2. The molecule has 164 valence electrons. The lowest BCUT2D eigenvalue weighted by Gasteiger charge is -2.12. The molecule has 0 aromatic heterocycles. The Balaban J connectivity index is 1.59. The summed E-state index contributed by atoms with van der Waals surface area (Å²) < 4.78 is 5.03. The molecule has 2 aromatic carbocycles. The van der Waals surface area contributed by atoms with Crippen LogP contribution in [0.2, 0.25) is 0 Å². The van der Waals surface area contributed by atoms with Gasteiger partial charge >= 0.3 is 5.97 Å². The maximum Gasteiger partial charge on any atom is 0.335 e. The summed E-state index contributed by atoms with van der Waals surface area (Å²) in [6.45, 7) is -0.553. The monoisotopic (exact) mass is 455 g/mol. The Morgan fingerprint density at radius 3 is 2.19 bits per heavy atom. The number of carbonyl (C=O) groups excluding carboxylic acids is 4. The number of hydrogen-bond acceptors (Lipinski definition) is 7. The standard InChI is InChI=1S/C21H17N3O7S/c1-31-15-8-6-14(7-9-15)22-17(25)10-16-19(27)24(21(30)32-16)11-18(26)23-13-4-2-12(3-5-13)20(28)29/h2-10H,11H2,1H3,(H,22,25)(H,23,26)(H,28,29)/b16-10-. The minimum Gasteiger partial charge on any atom is -0.497 e. The highest BCUT2D eigenvalue weighted by molar-refractivity contribution is 8.18. The lowest BCUT2D eigenvalue weighted by atomic mass is 10.2. The number of imide groups is 1. The lowest BCUT2D eigenvalue weighted by molar-refractivity contribution is -0.127. The van der Waals surface area contributed by atoms with Crippen molar-refractivity contribution in [1.82, 2.24) is 4.90 Å². The summed E-state index contributed by atoms with van der Waals surface area (Å²) in [4.78, 5) is 60.5. The number of benzene rings is 2. The number of amides is 4. The first kappa shape index (κ1) is 22.6. The van der Waals surface area contributed by atoms with Crippen LogP contribution in [0, 0.1) is 0 Å². The van der Waals surface area contributed by atoms with Crippen LogP contribution in [-0.4, -0.2) is 52.6 Å². The predicted molar refractivity (Wildman–Crippen MR) is 116 cm³/mol. The number of rotatable bonds is 7. The Morgan fingerprint density at radius 2 is 1.59 bits per heavy atom. The molecule has 1 aliphatic heterocycles. The Hall–Kier alpha value is -4.12. The van der Waals surface area contributed by atoms with E-state index in [0.29, 0.717) is 28.9 Å². The summed E-state index contributed by atoms with van der Waals surface area (Å²) in [6, 6.07) is 11.9. The Bertz CT molecular complexity index is 1110. The molecule has 10 nitrogen and oxygen atoms in total. The van der Waals surface area contributed by atoms with Crippen molar-refractivity contribution >= 4 is 52.1 Å². The van der Waals surface area contributed by atoms with Gasteiger partial charge in [-0.3, -0.25) is 24.1 Å². The second-order valence-corrected chi connectivity index (χ2v) is 7.41. The molecule has 4 amide bonds. The molecule has 0 atom stereocenters. The largest absolute Gasteiger partial charge is 0.497 e. The van der Waals surface area contributed by atoms with E-state index in [2.05, 4.69) is 10.6 Å². The number of carbonyl (C=O) groups is 5. The molecule has 0 radical (unpaired) electrons. The van der Waals surface area contributed by atoms with E-state index in [-0.39, 0.29) is 10.5 Å². The van der Waals surface area contributed by atoms with Gasteiger partial charge in [0.15, 0.2) is 0 Å². The maximum atomic E-state index is 12.5. The first-order chi connectivity index (χ1) is 15.3. The SMILES string of the molecule is COc1ccc(NC(=O)/C=C2\SC(=O)N(CC(=O)Nc3ccc(C(=O)O)cc3)C2=O)cc1. The molecule has 0 saturated carbocycles. The van der Waals surface area contributed by atoms with E-state index >= 15 is 0 Å². The van der Waals surface area contributed by atoms with E-state index in [1.165, 1.54) is 31.4 Å². The van der Waals surface area contributed by atoms with Gasteiger partial charge in [0.2, 0.25) is 11.8 Å². The van der Waals surface area contributed by atoms with Gasteiger partial charge in [-0.1, -0.05) is 0 Å². The van der Waals surface area contributed by atoms with Crippen molar-refractivity contribution in [1.29, 1.82) is 0 Å². The van der Waals surface area contributed by atoms with Crippen molar-refractivity contribution in [3.05, 3.63) is 65.1 Å². The molecule has 3 rings (SSSR count). The van der Waals surface area contributed by atoms with Gasteiger partial charge in [0.05, 0.1) is 17.6 Å². The zero-order valence-electron chi connectivity index (χ0n) is 16.7. The predicted octanol–water partition coefficient (Wildman–Crippen LogP) is 2.55. The van der Waals surface area contributed by atoms with Crippen LogP contribution in [0.1, 0.15) is 10.4 Å². The third-order valence-corrected chi connectivity index (χ3v) is 5.12. The van der Waals surface area contributed by atoms with Crippen LogP contribution in [0.5, 0.6) is 5.75 Å². The van der Waals surface area contributed by atoms with Crippen LogP contribution in [0.3, 0.4) is 0 Å². The number of nitrogens with zero attached hydrogens (tertiary/aromatic N) is 1. The third-order valence-electron chi connectivity index (χ3n) is 4.21. The van der Waals surface area contributed by atoms with E-state index in [1.54, 1.807) is 24.3 Å². The molecule has 1 aliphatic rings. The second kappa shape index (κ2) is 9.79. The molecule has 0 aliphatic carbocycles. The van der Waals surface area contributed by atoms with Crippen LogP contribution in [0.25, 0.3) is 0 Å². The summed E-state index contributed by atoms with van der Waals surface area (Å²) in [5, 5.41) is 13.2. The molecule has 0 unspecified atom stereocenters. The molecule has 1 heterocycles. The van der Waals surface area contributed by atoms with Gasteiger partial charge in [0.25, 0.3) is 11.1 Å². The van der Waals surface area contributed by atoms with Gasteiger partial charge in [0.1, 0.15) is 12.3 Å². The smallest absolute Gasteiger partial charge is 0.335 e. The lowest BCUT2D eigenvalue weighted by Crippen LogP contribution is -2.36. The fourth-order valence-electron chi connectivity index (χ4n) is 2.65. The molecule has 0 spiro atoms. The van der Waals surface area contributed by atoms with Crippen molar-refractivity contribution < 1.29 is 33.8 Å². The highest BCUT2D eigenvalue weighted by Crippen LogP contribution is 2.30. The van der Waals surface area contributed by atoms with E-state index < -0.39 is 35.5 Å². The number of carboxylic acids is 1. The van der Waals surface area contributed by atoms with Gasteiger partial charge in [0, 0.05) is 17.5 Å². The van der Waals surface area contributed by atoms with Gasteiger partial charge < -0.3 is 20.5 Å². The number of methoxy groups -OCH3 is 1. The quantitative estimate of drug-likeness (QED) is 0.541. The van der Waals surface area contributed by atoms with Crippen molar-refractivity contribution in [3.8, 4) is 5.75 Å². The summed E-state index contributed by atoms with van der Waals surface area (Å²) in [7, 11) is 1.51. The molecule has 0 bridgehead atoms. The maximum absolute atomic E-state index is 12.5. The topological polar surface area (TPSA) is 142 Å². The Morgan fingerprint density at radius 1 is 1.00 bits per heavy atom. The molecule has 1 saturated heterocycles. The molecule has 3 N–H and O–H groups in total. The van der Waals surface area contributed by atoms with Crippen LogP contribution in [-0.2, 0) is 14.4 Å². The number of hydrogen-bond donors (Lipinski definition) is 3. The van der Waals surface area contributed by atoms with E-state index in [0.717, 1.165) is 11.0 Å². The Kier molecular flexibility index (Phi) is 6.90. The van der Waals surface area contributed by atoms with Gasteiger partial charge in [-0.2, -0.15) is 0 Å². The van der Waals surface area contributed by atoms with Gasteiger partial charge in [-0.05, 0) is 60.3 Å². The normalized spacial score (nSPS) is 14.4. The fraction of sp³-hybridized carbons (Fsp3) is 0.0952. The average Bonchev–Trinajstić information content (AvgIpc) is 3.01. The van der Waals surface area contributed by atoms with Crippen LogP contribution < -0.4 is 15.4 Å². The summed E-state index contributed by atoms with van der Waals surface area (Å²) in [5.41, 5.74) is 0.827. The van der Waals surface area contributed by atoms with Crippen molar-refractivity contribution in [2.45, 2.75) is 0 Å². The van der Waals surface area contributed by atoms with Crippen molar-refractivity contribution in [3.63, 3.8) is 0 Å². The average molecular weight is 455 g/mol. The van der Waals surface area contributed by atoms with E-state index in [1.807, 2.05) is 0 Å². The minimum absolute atomic E-state index is 0.0481. The third kappa shape index (κ3) is 5.52. The molecule has 1 fully saturated rings.